The second-order valence-electron chi connectivity index (χ2n) is 7.06. The molecule has 0 fully saturated rings. The van der Waals surface area contributed by atoms with Crippen molar-refractivity contribution in [2.75, 3.05) is 6.54 Å². The highest BCUT2D eigenvalue weighted by Crippen LogP contribution is 2.24. The Balaban J connectivity index is 1.48. The van der Waals surface area contributed by atoms with Gasteiger partial charge in [0.2, 0.25) is 0 Å². The lowest BCUT2D eigenvalue weighted by Gasteiger charge is -2.15. The van der Waals surface area contributed by atoms with Crippen LogP contribution in [0.15, 0.2) is 47.8 Å². The van der Waals surface area contributed by atoms with Gasteiger partial charge in [0.1, 0.15) is 10.8 Å². The van der Waals surface area contributed by atoms with Gasteiger partial charge >= 0.3 is 0 Å². The number of aromatic nitrogens is 1. The van der Waals surface area contributed by atoms with E-state index in [0.717, 1.165) is 21.8 Å². The molecular weight excluding hydrogens is 368 g/mol. The summed E-state index contributed by atoms with van der Waals surface area (Å²) in [5, 5.41) is 5.99. The van der Waals surface area contributed by atoms with E-state index in [-0.39, 0.29) is 5.91 Å². The zero-order valence-electron chi connectivity index (χ0n) is 16.8. The molecule has 28 heavy (non-hydrogen) atoms. The molecule has 0 aliphatic rings. The average Bonchev–Trinajstić information content (AvgIpc) is 3.14. The minimum Gasteiger partial charge on any atom is -0.481 e. The van der Waals surface area contributed by atoms with Crippen molar-refractivity contribution in [2.45, 2.75) is 40.2 Å². The second kappa shape index (κ2) is 9.02. The number of amides is 1. The number of rotatable bonds is 7. The highest BCUT2D eigenvalue weighted by molar-refractivity contribution is 7.13. The third-order valence-corrected chi connectivity index (χ3v) is 5.63. The summed E-state index contributed by atoms with van der Waals surface area (Å²) in [6, 6.07) is 14.2. The third-order valence-electron chi connectivity index (χ3n) is 4.69. The van der Waals surface area contributed by atoms with Crippen molar-refractivity contribution in [3.05, 3.63) is 70.2 Å². The van der Waals surface area contributed by atoms with E-state index in [2.05, 4.69) is 53.8 Å². The van der Waals surface area contributed by atoms with Crippen molar-refractivity contribution < 1.29 is 9.53 Å². The van der Waals surface area contributed by atoms with Crippen LogP contribution in [-0.4, -0.2) is 23.5 Å². The summed E-state index contributed by atoms with van der Waals surface area (Å²) < 4.78 is 5.76. The summed E-state index contributed by atoms with van der Waals surface area (Å²) in [5.41, 5.74) is 5.71. The highest BCUT2D eigenvalue weighted by atomic mass is 32.1. The van der Waals surface area contributed by atoms with Crippen molar-refractivity contribution >= 4 is 17.2 Å². The van der Waals surface area contributed by atoms with Gasteiger partial charge in [-0.2, -0.15) is 0 Å². The van der Waals surface area contributed by atoms with Gasteiger partial charge in [0, 0.05) is 23.9 Å². The Morgan fingerprint density at radius 3 is 2.57 bits per heavy atom. The Kier molecular flexibility index (Phi) is 6.47. The number of aryl methyl sites for hydroxylation is 3. The van der Waals surface area contributed by atoms with Crippen LogP contribution in [0, 0.1) is 20.8 Å². The van der Waals surface area contributed by atoms with Crippen molar-refractivity contribution in [2.24, 2.45) is 0 Å². The van der Waals surface area contributed by atoms with Gasteiger partial charge in [-0.05, 0) is 51.0 Å². The summed E-state index contributed by atoms with van der Waals surface area (Å²) in [7, 11) is 0. The SMILES string of the molecule is Cc1ccc(-c2nc(CCNC(=O)[C@H](C)Oc3ccc(C)c(C)c3)cs2)cc1. The van der Waals surface area contributed by atoms with E-state index in [4.69, 9.17) is 4.74 Å². The van der Waals surface area contributed by atoms with Crippen LogP contribution in [0.1, 0.15) is 29.3 Å². The number of nitrogens with zero attached hydrogens (tertiary/aromatic N) is 1. The molecule has 5 heteroatoms. The van der Waals surface area contributed by atoms with E-state index in [1.54, 1.807) is 18.3 Å². The molecule has 3 aromatic rings. The fraction of sp³-hybridized carbons (Fsp3) is 0.304. The lowest BCUT2D eigenvalue weighted by molar-refractivity contribution is -0.127. The van der Waals surface area contributed by atoms with E-state index < -0.39 is 6.10 Å². The molecule has 2 aromatic carbocycles. The molecule has 1 amide bonds. The number of thiazole rings is 1. The summed E-state index contributed by atoms with van der Waals surface area (Å²) in [6.07, 6.45) is 0.158. The Hall–Kier alpha value is -2.66. The van der Waals surface area contributed by atoms with Crippen LogP contribution in [0.25, 0.3) is 10.6 Å². The molecule has 4 nitrogen and oxygen atoms in total. The molecule has 0 aliphatic heterocycles. The van der Waals surface area contributed by atoms with Gasteiger partial charge in [-0.15, -0.1) is 11.3 Å². The summed E-state index contributed by atoms with van der Waals surface area (Å²) in [5.74, 6) is 0.597. The van der Waals surface area contributed by atoms with Crippen LogP contribution in [0.5, 0.6) is 5.75 Å². The Bertz CT molecular complexity index is 947. The smallest absolute Gasteiger partial charge is 0.260 e. The first-order valence-corrected chi connectivity index (χ1v) is 10.3. The minimum absolute atomic E-state index is 0.118. The number of carbonyl (C=O) groups excluding carboxylic acids is 1. The number of hydrogen-bond donors (Lipinski definition) is 1. The Morgan fingerprint density at radius 2 is 1.86 bits per heavy atom. The molecule has 0 saturated carbocycles. The molecule has 1 aromatic heterocycles. The lowest BCUT2D eigenvalue weighted by atomic mass is 10.1. The number of ether oxygens (including phenoxy) is 1. The molecule has 1 N–H and O–H groups in total. The van der Waals surface area contributed by atoms with Crippen LogP contribution in [-0.2, 0) is 11.2 Å². The number of nitrogens with one attached hydrogen (secondary N) is 1. The van der Waals surface area contributed by atoms with E-state index >= 15 is 0 Å². The first-order chi connectivity index (χ1) is 13.4. The fourth-order valence-corrected chi connectivity index (χ4v) is 3.61. The molecule has 0 bridgehead atoms. The normalized spacial score (nSPS) is 11.9. The largest absolute Gasteiger partial charge is 0.481 e. The maximum Gasteiger partial charge on any atom is 0.260 e. The average molecular weight is 395 g/mol. The molecular formula is C23H26N2O2S. The number of hydrogen-bond acceptors (Lipinski definition) is 4. The first-order valence-electron chi connectivity index (χ1n) is 9.45. The van der Waals surface area contributed by atoms with E-state index in [1.165, 1.54) is 11.1 Å². The van der Waals surface area contributed by atoms with Crippen LogP contribution >= 0.6 is 11.3 Å². The number of carbonyl (C=O) groups is 1. The summed E-state index contributed by atoms with van der Waals surface area (Å²) in [6.45, 7) is 8.47. The van der Waals surface area contributed by atoms with Gasteiger partial charge in [-0.1, -0.05) is 35.9 Å². The van der Waals surface area contributed by atoms with Gasteiger partial charge < -0.3 is 10.1 Å². The van der Waals surface area contributed by atoms with Crippen LogP contribution in [0.3, 0.4) is 0 Å². The van der Waals surface area contributed by atoms with Gasteiger partial charge in [-0.3, -0.25) is 4.79 Å². The molecule has 0 unspecified atom stereocenters. The zero-order chi connectivity index (χ0) is 20.1. The Morgan fingerprint density at radius 1 is 1.11 bits per heavy atom. The van der Waals surface area contributed by atoms with Crippen molar-refractivity contribution in [3.63, 3.8) is 0 Å². The topological polar surface area (TPSA) is 51.2 Å². The second-order valence-corrected chi connectivity index (χ2v) is 7.92. The molecule has 1 heterocycles. The molecule has 0 aliphatic carbocycles. The van der Waals surface area contributed by atoms with E-state index in [9.17, 15) is 4.79 Å². The Labute approximate surface area is 170 Å². The molecule has 3 rings (SSSR count). The maximum atomic E-state index is 12.3. The summed E-state index contributed by atoms with van der Waals surface area (Å²) in [4.78, 5) is 17.0. The zero-order valence-corrected chi connectivity index (χ0v) is 17.6. The standard InChI is InChI=1S/C23H26N2O2S/c1-15-5-8-19(9-6-15)23-25-20(14-28-23)11-12-24-22(26)18(4)27-21-10-7-16(2)17(3)13-21/h5-10,13-14,18H,11-12H2,1-4H3,(H,24,26)/t18-/m0/s1. The molecule has 146 valence electrons. The molecule has 0 spiro atoms. The van der Waals surface area contributed by atoms with Crippen molar-refractivity contribution in [1.29, 1.82) is 0 Å². The molecule has 0 saturated heterocycles. The third kappa shape index (κ3) is 5.20. The predicted molar refractivity (Wildman–Crippen MR) is 115 cm³/mol. The van der Waals surface area contributed by atoms with Crippen LogP contribution in [0.4, 0.5) is 0 Å². The van der Waals surface area contributed by atoms with E-state index in [1.807, 2.05) is 25.1 Å². The molecule has 1 atom stereocenters. The van der Waals surface area contributed by atoms with Crippen molar-refractivity contribution in [3.8, 4) is 16.3 Å². The monoisotopic (exact) mass is 394 g/mol. The maximum absolute atomic E-state index is 12.3. The predicted octanol–water partition coefficient (Wildman–Crippen LogP) is 4.86. The van der Waals surface area contributed by atoms with Gasteiger partial charge in [0.05, 0.1) is 5.69 Å². The molecule has 0 radical (unpaired) electrons. The minimum atomic E-state index is -0.541. The van der Waals surface area contributed by atoms with Gasteiger partial charge in [-0.25, -0.2) is 4.98 Å². The van der Waals surface area contributed by atoms with Crippen molar-refractivity contribution in [1.82, 2.24) is 10.3 Å². The lowest BCUT2D eigenvalue weighted by Crippen LogP contribution is -2.37. The van der Waals surface area contributed by atoms with Gasteiger partial charge in [0.15, 0.2) is 6.10 Å². The summed E-state index contributed by atoms with van der Waals surface area (Å²) >= 11 is 1.63. The van der Waals surface area contributed by atoms with E-state index in [0.29, 0.717) is 18.7 Å². The van der Waals surface area contributed by atoms with Crippen LogP contribution < -0.4 is 10.1 Å². The highest BCUT2D eigenvalue weighted by Gasteiger charge is 2.14. The van der Waals surface area contributed by atoms with Crippen LogP contribution in [0.2, 0.25) is 0 Å². The first kappa shape index (κ1) is 20.1. The fourth-order valence-electron chi connectivity index (χ4n) is 2.75. The number of benzene rings is 2. The quantitative estimate of drug-likeness (QED) is 0.622. The van der Waals surface area contributed by atoms with Gasteiger partial charge in [0.25, 0.3) is 5.91 Å².